The van der Waals surface area contributed by atoms with Crippen molar-refractivity contribution in [2.45, 2.75) is 90.4 Å². The van der Waals surface area contributed by atoms with Gasteiger partial charge in [0, 0.05) is 11.2 Å². The zero-order valence-corrected chi connectivity index (χ0v) is 17.9. The van der Waals surface area contributed by atoms with Crippen LogP contribution in [0.25, 0.3) is 0 Å². The first-order valence-corrected chi connectivity index (χ1v) is 10.9. The van der Waals surface area contributed by atoms with Crippen LogP contribution in [0.3, 0.4) is 0 Å². The van der Waals surface area contributed by atoms with Gasteiger partial charge in [-0.15, -0.1) is 0 Å². The SMILES string of the molecule is CC(C1=CC=CC1=[P+]([O-])C(C)(C)C)P(C(C)(C)C)C(C)(C)C. The molecule has 0 fully saturated rings. The quantitative estimate of drug-likeness (QED) is 0.593. The maximum atomic E-state index is 12.9. The fourth-order valence-electron chi connectivity index (χ4n) is 3.63. The minimum atomic E-state index is -1.37. The van der Waals surface area contributed by atoms with E-state index in [-0.39, 0.29) is 23.4 Å². The molecule has 1 rings (SSSR count). The van der Waals surface area contributed by atoms with E-state index >= 15 is 0 Å². The standard InChI is InChI=1S/C19H34OP2/c1-14(21(17(2,3)4)18(5,6)7)15-12-11-13-16(15)22(20)19(8,9)10/h11-14H,1-10H3. The van der Waals surface area contributed by atoms with Gasteiger partial charge in [-0.05, 0) is 37.2 Å². The van der Waals surface area contributed by atoms with E-state index in [9.17, 15) is 4.89 Å². The van der Waals surface area contributed by atoms with Crippen LogP contribution in [0.1, 0.15) is 69.2 Å². The van der Waals surface area contributed by atoms with Crippen molar-refractivity contribution in [3.63, 3.8) is 0 Å². The Balaban J connectivity index is 3.30. The zero-order chi connectivity index (χ0) is 17.5. The van der Waals surface area contributed by atoms with Gasteiger partial charge in [-0.3, -0.25) is 0 Å². The minimum Gasteiger partial charge on any atom is -0.630 e. The predicted molar refractivity (Wildman–Crippen MR) is 105 cm³/mol. The molecule has 22 heavy (non-hydrogen) atoms. The summed E-state index contributed by atoms with van der Waals surface area (Å²) in [5.41, 5.74) is 1.77. The average Bonchev–Trinajstić information content (AvgIpc) is 2.70. The van der Waals surface area contributed by atoms with E-state index in [0.29, 0.717) is 5.66 Å². The zero-order valence-electron chi connectivity index (χ0n) is 16.1. The van der Waals surface area contributed by atoms with Crippen LogP contribution in [0.2, 0.25) is 0 Å². The second kappa shape index (κ2) is 6.51. The minimum absolute atomic E-state index is 0.176. The highest BCUT2D eigenvalue weighted by Gasteiger charge is 2.41. The van der Waals surface area contributed by atoms with Gasteiger partial charge in [0.05, 0.1) is 7.77 Å². The largest absolute Gasteiger partial charge is 0.630 e. The van der Waals surface area contributed by atoms with Crippen molar-refractivity contribution in [2.24, 2.45) is 0 Å². The summed E-state index contributed by atoms with van der Waals surface area (Å²) in [7, 11) is -1.63. The van der Waals surface area contributed by atoms with Crippen molar-refractivity contribution >= 4 is 21.0 Å². The van der Waals surface area contributed by atoms with E-state index in [1.54, 1.807) is 0 Å². The highest BCUT2D eigenvalue weighted by atomic mass is 31.1. The average molecular weight is 340 g/mol. The summed E-state index contributed by atoms with van der Waals surface area (Å²) in [6.45, 7) is 22.7. The number of allylic oxidation sites excluding steroid dienone is 4. The lowest BCUT2D eigenvalue weighted by Crippen LogP contribution is -2.32. The van der Waals surface area contributed by atoms with Gasteiger partial charge in [-0.2, -0.15) is 0 Å². The summed E-state index contributed by atoms with van der Waals surface area (Å²) >= 11 is 0. The van der Waals surface area contributed by atoms with Crippen LogP contribution < -0.4 is 4.89 Å². The van der Waals surface area contributed by atoms with Crippen LogP contribution in [-0.4, -0.2) is 26.4 Å². The Hall–Kier alpha value is 0.0400. The Morgan fingerprint density at radius 3 is 1.77 bits per heavy atom. The van der Waals surface area contributed by atoms with Crippen molar-refractivity contribution in [3.8, 4) is 0 Å². The van der Waals surface area contributed by atoms with Crippen molar-refractivity contribution in [3.05, 3.63) is 23.8 Å². The van der Waals surface area contributed by atoms with E-state index in [4.69, 9.17) is 0 Å². The molecule has 1 aliphatic rings. The molecule has 1 nitrogen and oxygen atoms in total. The fourth-order valence-corrected chi connectivity index (χ4v) is 10.0. The van der Waals surface area contributed by atoms with Crippen LogP contribution in [0, 0.1) is 0 Å². The summed E-state index contributed by atoms with van der Waals surface area (Å²) in [5.74, 6) is 0. The second-order valence-corrected chi connectivity index (χ2v) is 15.8. The molecule has 0 amide bonds. The smallest absolute Gasteiger partial charge is 0.144 e. The molecule has 0 aromatic rings. The van der Waals surface area contributed by atoms with E-state index in [1.807, 2.05) is 0 Å². The van der Waals surface area contributed by atoms with Crippen molar-refractivity contribution in [1.82, 2.24) is 0 Å². The van der Waals surface area contributed by atoms with Gasteiger partial charge in [-0.25, -0.2) is 0 Å². The van der Waals surface area contributed by atoms with Crippen LogP contribution in [0.4, 0.5) is 0 Å². The van der Waals surface area contributed by atoms with Gasteiger partial charge in [0.1, 0.15) is 10.4 Å². The van der Waals surface area contributed by atoms with Crippen molar-refractivity contribution in [2.75, 3.05) is 0 Å². The number of hydrogen-bond donors (Lipinski definition) is 0. The molecule has 126 valence electrons. The van der Waals surface area contributed by atoms with E-state index in [2.05, 4.69) is 87.5 Å². The summed E-state index contributed by atoms with van der Waals surface area (Å²) in [6.07, 6.45) is 6.36. The van der Waals surface area contributed by atoms with Crippen LogP contribution in [0.5, 0.6) is 0 Å². The van der Waals surface area contributed by atoms with Gasteiger partial charge in [0.15, 0.2) is 0 Å². The Morgan fingerprint density at radius 1 is 0.955 bits per heavy atom. The maximum absolute atomic E-state index is 12.9. The summed E-state index contributed by atoms with van der Waals surface area (Å²) in [4.78, 5) is 12.9. The molecule has 0 heterocycles. The van der Waals surface area contributed by atoms with Gasteiger partial charge < -0.3 is 4.89 Å². The third kappa shape index (κ3) is 4.53. The van der Waals surface area contributed by atoms with E-state index in [0.717, 1.165) is 5.29 Å². The molecule has 0 radical (unpaired) electrons. The van der Waals surface area contributed by atoms with Gasteiger partial charge in [0.2, 0.25) is 0 Å². The van der Waals surface area contributed by atoms with Crippen LogP contribution in [-0.2, 0) is 0 Å². The summed E-state index contributed by atoms with van der Waals surface area (Å²) < 4.78 is 0. The molecule has 0 bridgehead atoms. The third-order valence-corrected chi connectivity index (χ3v) is 9.94. The number of hydrogen-bond acceptors (Lipinski definition) is 1. The Labute approximate surface area is 140 Å². The Morgan fingerprint density at radius 2 is 1.41 bits per heavy atom. The molecule has 1 aliphatic carbocycles. The monoisotopic (exact) mass is 340 g/mol. The molecule has 0 aromatic carbocycles. The normalized spacial score (nSPS) is 20.5. The predicted octanol–water partition coefficient (Wildman–Crippen LogP) is 5.68. The van der Waals surface area contributed by atoms with Gasteiger partial charge in [-0.1, -0.05) is 68.5 Å². The fraction of sp³-hybridized carbons (Fsp3) is 0.737. The van der Waals surface area contributed by atoms with E-state index < -0.39 is 7.77 Å². The number of rotatable bonds is 2. The molecule has 0 aromatic heterocycles. The molecular formula is C19H34OP2. The molecule has 0 N–H and O–H groups in total. The molecular weight excluding hydrogens is 306 g/mol. The molecule has 3 heteroatoms. The molecule has 0 spiro atoms. The Bertz CT molecular complexity index is 491. The van der Waals surface area contributed by atoms with Crippen molar-refractivity contribution < 1.29 is 4.89 Å². The molecule has 0 saturated carbocycles. The first kappa shape index (κ1) is 20.1. The van der Waals surface area contributed by atoms with Gasteiger partial charge in [0.25, 0.3) is 0 Å². The molecule has 0 saturated heterocycles. The third-order valence-electron chi connectivity index (χ3n) is 3.94. The maximum Gasteiger partial charge on any atom is 0.144 e. The lowest BCUT2D eigenvalue weighted by molar-refractivity contribution is -0.156. The highest BCUT2D eigenvalue weighted by molar-refractivity contribution is 7.62. The lowest BCUT2D eigenvalue weighted by atomic mass is 10.2. The van der Waals surface area contributed by atoms with Crippen molar-refractivity contribution in [1.29, 1.82) is 0 Å². The first-order valence-electron chi connectivity index (χ1n) is 8.20. The topological polar surface area (TPSA) is 23.1 Å². The molecule has 2 unspecified atom stereocenters. The van der Waals surface area contributed by atoms with Crippen LogP contribution >= 0.6 is 15.7 Å². The molecule has 0 aliphatic heterocycles. The summed E-state index contributed by atoms with van der Waals surface area (Å²) in [5, 5.41) is 1.45. The second-order valence-electron chi connectivity index (χ2n) is 9.22. The van der Waals surface area contributed by atoms with E-state index in [1.165, 1.54) is 5.57 Å². The molecule has 2 atom stereocenters. The van der Waals surface area contributed by atoms with Crippen LogP contribution in [0.15, 0.2) is 23.8 Å². The van der Waals surface area contributed by atoms with Gasteiger partial charge >= 0.3 is 0 Å². The first-order chi connectivity index (χ1) is 9.67. The lowest BCUT2D eigenvalue weighted by Gasteiger charge is -2.45. The highest BCUT2D eigenvalue weighted by Crippen LogP contribution is 2.64. The summed E-state index contributed by atoms with van der Waals surface area (Å²) in [6, 6.07) is 0. The Kier molecular flexibility index (Phi) is 5.94.